The highest BCUT2D eigenvalue weighted by Crippen LogP contribution is 2.27. The second kappa shape index (κ2) is 6.39. The highest BCUT2D eigenvalue weighted by molar-refractivity contribution is 6.00. The number of carbonyl (C=O) groups excluding carboxylic acids is 2. The average molecular weight is 367 g/mol. The lowest BCUT2D eigenvalue weighted by atomic mass is 10.0. The first kappa shape index (κ1) is 17.0. The van der Waals surface area contributed by atoms with E-state index in [-0.39, 0.29) is 11.7 Å². The van der Waals surface area contributed by atoms with Gasteiger partial charge in [-0.15, -0.1) is 0 Å². The number of rotatable bonds is 3. The minimum atomic E-state index is -0.493. The zero-order valence-corrected chi connectivity index (χ0v) is 14.7. The van der Waals surface area contributed by atoms with Crippen LogP contribution in [0.15, 0.2) is 36.5 Å². The van der Waals surface area contributed by atoms with Crippen molar-refractivity contribution < 1.29 is 14.0 Å². The fraction of sp³-hybridized carbons (Fsp3) is 0.211. The van der Waals surface area contributed by atoms with Gasteiger partial charge in [0.1, 0.15) is 11.5 Å². The number of aromatic nitrogens is 3. The molecule has 0 fully saturated rings. The predicted octanol–water partition coefficient (Wildman–Crippen LogP) is 1.85. The Morgan fingerprint density at radius 2 is 2.11 bits per heavy atom. The number of nitrogens with zero attached hydrogens (tertiary/aromatic N) is 3. The lowest BCUT2D eigenvalue weighted by molar-refractivity contribution is 0.0731. The molecule has 0 radical (unpaired) electrons. The van der Waals surface area contributed by atoms with Crippen LogP contribution in [-0.2, 0) is 20.0 Å². The number of nitrogens with one attached hydrogen (secondary N) is 1. The van der Waals surface area contributed by atoms with Crippen LogP contribution in [0.25, 0.3) is 11.3 Å². The largest absolute Gasteiger partial charge is 0.364 e. The molecule has 4 rings (SSSR count). The molecule has 2 amide bonds. The highest BCUT2D eigenvalue weighted by Gasteiger charge is 2.28. The fourth-order valence-corrected chi connectivity index (χ4v) is 3.54. The van der Waals surface area contributed by atoms with Gasteiger partial charge >= 0.3 is 0 Å². The summed E-state index contributed by atoms with van der Waals surface area (Å²) in [6.07, 6.45) is 2.09. The van der Waals surface area contributed by atoms with E-state index in [1.807, 2.05) is 0 Å². The summed E-state index contributed by atoms with van der Waals surface area (Å²) in [4.78, 5) is 26.3. The molecule has 0 bridgehead atoms. The maximum Gasteiger partial charge on any atom is 0.265 e. The molecule has 1 aliphatic heterocycles. The van der Waals surface area contributed by atoms with Gasteiger partial charge < -0.3 is 15.2 Å². The van der Waals surface area contributed by atoms with Crippen molar-refractivity contribution in [2.45, 2.75) is 13.0 Å². The third kappa shape index (κ3) is 2.88. The Morgan fingerprint density at radius 3 is 2.85 bits per heavy atom. The molecule has 27 heavy (non-hydrogen) atoms. The number of primary amides is 1. The van der Waals surface area contributed by atoms with Crippen molar-refractivity contribution in [1.29, 1.82) is 0 Å². The molecule has 138 valence electrons. The van der Waals surface area contributed by atoms with Crippen molar-refractivity contribution in [3.63, 3.8) is 0 Å². The molecule has 7 nitrogen and oxygen atoms in total. The summed E-state index contributed by atoms with van der Waals surface area (Å²) in [5.41, 5.74) is 9.17. The van der Waals surface area contributed by atoms with Gasteiger partial charge in [-0.2, -0.15) is 5.10 Å². The third-order valence-electron chi connectivity index (χ3n) is 4.96. The van der Waals surface area contributed by atoms with Gasteiger partial charge in [-0.3, -0.25) is 14.7 Å². The summed E-state index contributed by atoms with van der Waals surface area (Å²) in [5.74, 6) is -1.07. The van der Waals surface area contributed by atoms with Gasteiger partial charge in [-0.25, -0.2) is 4.39 Å². The van der Waals surface area contributed by atoms with E-state index in [0.717, 1.165) is 11.3 Å². The molecule has 8 heteroatoms. The maximum atomic E-state index is 13.6. The SMILES string of the molecule is Cn1c(C(N)=O)cc2c1CN(C(=O)c1cn[nH]c1-c1cccc(F)c1)CC2. The number of fused-ring (bicyclic) bond motifs is 1. The molecule has 0 spiro atoms. The highest BCUT2D eigenvalue weighted by atomic mass is 19.1. The minimum absolute atomic E-state index is 0.199. The van der Waals surface area contributed by atoms with Crippen LogP contribution in [0, 0.1) is 5.82 Å². The van der Waals surface area contributed by atoms with E-state index < -0.39 is 5.91 Å². The van der Waals surface area contributed by atoms with Crippen LogP contribution in [0.3, 0.4) is 0 Å². The van der Waals surface area contributed by atoms with Crippen LogP contribution in [-0.4, -0.2) is 38.0 Å². The van der Waals surface area contributed by atoms with Gasteiger partial charge in [0.2, 0.25) is 0 Å². The van der Waals surface area contributed by atoms with Gasteiger partial charge in [-0.05, 0) is 30.2 Å². The number of hydrogen-bond donors (Lipinski definition) is 2. The number of aromatic amines is 1. The smallest absolute Gasteiger partial charge is 0.265 e. The number of carbonyl (C=O) groups is 2. The Morgan fingerprint density at radius 1 is 1.30 bits per heavy atom. The van der Waals surface area contributed by atoms with Gasteiger partial charge in [0, 0.05) is 24.8 Å². The van der Waals surface area contributed by atoms with Crippen molar-refractivity contribution in [3.05, 3.63) is 64.9 Å². The van der Waals surface area contributed by atoms with Crippen molar-refractivity contribution in [3.8, 4) is 11.3 Å². The second-order valence-electron chi connectivity index (χ2n) is 6.57. The quantitative estimate of drug-likeness (QED) is 0.739. The van der Waals surface area contributed by atoms with Gasteiger partial charge in [0.25, 0.3) is 11.8 Å². The van der Waals surface area contributed by atoms with Crippen LogP contribution in [0.4, 0.5) is 4.39 Å². The average Bonchev–Trinajstić information content (AvgIpc) is 3.26. The fourth-order valence-electron chi connectivity index (χ4n) is 3.54. The van der Waals surface area contributed by atoms with Gasteiger partial charge in [0.15, 0.2) is 0 Å². The number of H-pyrrole nitrogens is 1. The molecule has 0 saturated heterocycles. The molecule has 3 heterocycles. The Balaban J connectivity index is 1.64. The van der Waals surface area contributed by atoms with Gasteiger partial charge in [0.05, 0.1) is 24.0 Å². The Bertz CT molecular complexity index is 1050. The Labute approximate surface area is 154 Å². The summed E-state index contributed by atoms with van der Waals surface area (Å²) in [5, 5.41) is 6.76. The van der Waals surface area contributed by atoms with E-state index in [2.05, 4.69) is 10.2 Å². The summed E-state index contributed by atoms with van der Waals surface area (Å²) >= 11 is 0. The van der Waals surface area contributed by atoms with Gasteiger partial charge in [-0.1, -0.05) is 12.1 Å². The lowest BCUT2D eigenvalue weighted by Gasteiger charge is -2.28. The standard InChI is InChI=1S/C19H18FN5O2/c1-24-15(18(21)26)8-11-5-6-25(10-16(11)24)19(27)14-9-22-23-17(14)12-3-2-4-13(20)7-12/h2-4,7-9H,5-6,10H2,1H3,(H2,21,26)(H,22,23). The molecule has 0 atom stereocenters. The van der Waals surface area contributed by atoms with Crippen LogP contribution < -0.4 is 5.73 Å². The van der Waals surface area contributed by atoms with E-state index in [1.165, 1.54) is 18.3 Å². The summed E-state index contributed by atoms with van der Waals surface area (Å²) in [7, 11) is 1.77. The number of benzene rings is 1. The normalized spacial score (nSPS) is 13.5. The zero-order valence-electron chi connectivity index (χ0n) is 14.7. The lowest BCUT2D eigenvalue weighted by Crippen LogP contribution is -2.36. The molecule has 3 N–H and O–H groups in total. The summed E-state index contributed by atoms with van der Waals surface area (Å²) in [6, 6.07) is 7.80. The third-order valence-corrected chi connectivity index (χ3v) is 4.96. The molecule has 0 aliphatic carbocycles. The monoisotopic (exact) mass is 367 g/mol. The van der Waals surface area contributed by atoms with E-state index in [4.69, 9.17) is 5.73 Å². The van der Waals surface area contributed by atoms with E-state index in [9.17, 15) is 14.0 Å². The molecule has 1 aromatic carbocycles. The Hall–Kier alpha value is -3.42. The molecule has 1 aliphatic rings. The molecular formula is C19H18FN5O2. The first-order chi connectivity index (χ1) is 13.0. The van der Waals surface area contributed by atoms with Crippen LogP contribution >= 0.6 is 0 Å². The van der Waals surface area contributed by atoms with E-state index in [0.29, 0.717) is 42.0 Å². The first-order valence-electron chi connectivity index (χ1n) is 8.51. The predicted molar refractivity (Wildman–Crippen MR) is 96.4 cm³/mol. The molecule has 2 aromatic heterocycles. The first-order valence-corrected chi connectivity index (χ1v) is 8.51. The van der Waals surface area contributed by atoms with Crippen LogP contribution in [0.1, 0.15) is 32.1 Å². The molecule has 0 unspecified atom stereocenters. The number of nitrogens with two attached hydrogens (primary N) is 1. The molecule has 0 saturated carbocycles. The summed E-state index contributed by atoms with van der Waals surface area (Å²) < 4.78 is 15.3. The van der Waals surface area contributed by atoms with Crippen LogP contribution in [0.2, 0.25) is 0 Å². The second-order valence-corrected chi connectivity index (χ2v) is 6.57. The van der Waals surface area contributed by atoms with Crippen molar-refractivity contribution in [2.24, 2.45) is 12.8 Å². The van der Waals surface area contributed by atoms with Crippen molar-refractivity contribution >= 4 is 11.8 Å². The molecular weight excluding hydrogens is 349 g/mol. The number of hydrogen-bond acceptors (Lipinski definition) is 3. The van der Waals surface area contributed by atoms with Crippen molar-refractivity contribution in [1.82, 2.24) is 19.7 Å². The van der Waals surface area contributed by atoms with E-state index >= 15 is 0 Å². The Kier molecular flexibility index (Phi) is 4.02. The topological polar surface area (TPSA) is 97.0 Å². The van der Waals surface area contributed by atoms with Crippen LogP contribution in [0.5, 0.6) is 0 Å². The minimum Gasteiger partial charge on any atom is -0.364 e. The van der Waals surface area contributed by atoms with E-state index in [1.54, 1.807) is 34.7 Å². The molecule has 3 aromatic rings. The zero-order chi connectivity index (χ0) is 19.1. The maximum absolute atomic E-state index is 13.6. The number of halogens is 1. The summed E-state index contributed by atoms with van der Waals surface area (Å²) in [6.45, 7) is 0.882. The van der Waals surface area contributed by atoms with Crippen molar-refractivity contribution in [2.75, 3.05) is 6.54 Å². The number of amides is 2.